The molecule has 0 aromatic heterocycles. The lowest BCUT2D eigenvalue weighted by molar-refractivity contribution is 0.171. The van der Waals surface area contributed by atoms with Crippen molar-refractivity contribution in [1.82, 2.24) is 5.32 Å². The van der Waals surface area contributed by atoms with Crippen molar-refractivity contribution in [3.8, 4) is 0 Å². The summed E-state index contributed by atoms with van der Waals surface area (Å²) in [6, 6.07) is 8.73. The van der Waals surface area contributed by atoms with Crippen molar-refractivity contribution >= 4 is 15.9 Å². The number of halogens is 1. The van der Waals surface area contributed by atoms with Gasteiger partial charge in [0.05, 0.1) is 0 Å². The summed E-state index contributed by atoms with van der Waals surface area (Å²) < 4.78 is 6.30. The Morgan fingerprint density at radius 3 is 2.62 bits per heavy atom. The molecule has 0 radical (unpaired) electrons. The Labute approximate surface area is 107 Å². The normalized spacial score (nSPS) is 14.8. The van der Waals surface area contributed by atoms with Gasteiger partial charge in [-0.2, -0.15) is 0 Å². The minimum atomic E-state index is 0.366. The highest BCUT2D eigenvalue weighted by Crippen LogP contribution is 2.29. The van der Waals surface area contributed by atoms with Crippen molar-refractivity contribution in [2.24, 2.45) is 5.92 Å². The minimum Gasteiger partial charge on any atom is -0.385 e. The van der Waals surface area contributed by atoms with Crippen LogP contribution in [0, 0.1) is 5.92 Å². The molecule has 90 valence electrons. The Morgan fingerprint density at radius 2 is 2.06 bits per heavy atom. The fourth-order valence-corrected chi connectivity index (χ4v) is 2.48. The first-order valence-corrected chi connectivity index (χ1v) is 6.40. The van der Waals surface area contributed by atoms with Crippen LogP contribution in [0.15, 0.2) is 28.7 Å². The Balaban J connectivity index is 2.77. The van der Waals surface area contributed by atoms with Crippen LogP contribution in [-0.2, 0) is 4.74 Å². The van der Waals surface area contributed by atoms with Gasteiger partial charge in [0.15, 0.2) is 0 Å². The maximum Gasteiger partial charge on any atom is 0.0465 e. The van der Waals surface area contributed by atoms with E-state index in [-0.39, 0.29) is 0 Å². The number of benzene rings is 1. The second kappa shape index (κ2) is 7.05. The molecule has 1 aromatic carbocycles. The lowest BCUT2D eigenvalue weighted by Crippen LogP contribution is -2.24. The number of methoxy groups -OCH3 is 1. The van der Waals surface area contributed by atoms with Gasteiger partial charge in [-0.1, -0.05) is 41.1 Å². The van der Waals surface area contributed by atoms with E-state index in [9.17, 15) is 0 Å². The van der Waals surface area contributed by atoms with Gasteiger partial charge in [-0.15, -0.1) is 0 Å². The van der Waals surface area contributed by atoms with E-state index in [2.05, 4.69) is 46.4 Å². The highest BCUT2D eigenvalue weighted by Gasteiger charge is 2.18. The van der Waals surface area contributed by atoms with E-state index < -0.39 is 0 Å². The molecule has 2 atom stereocenters. The molecule has 0 heterocycles. The van der Waals surface area contributed by atoms with E-state index in [1.807, 2.05) is 13.1 Å². The molecule has 0 saturated carbocycles. The zero-order valence-electron chi connectivity index (χ0n) is 10.2. The molecule has 0 aliphatic rings. The van der Waals surface area contributed by atoms with Gasteiger partial charge in [0, 0.05) is 24.2 Å². The summed E-state index contributed by atoms with van der Waals surface area (Å²) in [5.74, 6) is 0.545. The van der Waals surface area contributed by atoms with E-state index in [1.165, 1.54) is 10.0 Å². The number of nitrogens with one attached hydrogen (secondary N) is 1. The molecule has 1 rings (SSSR count). The van der Waals surface area contributed by atoms with Crippen molar-refractivity contribution in [2.45, 2.75) is 19.4 Å². The molecule has 0 fully saturated rings. The second-order valence-electron chi connectivity index (χ2n) is 4.05. The van der Waals surface area contributed by atoms with E-state index in [1.54, 1.807) is 7.11 Å². The topological polar surface area (TPSA) is 21.3 Å². The minimum absolute atomic E-state index is 0.366. The summed E-state index contributed by atoms with van der Waals surface area (Å²) in [6.45, 7) is 3.06. The van der Waals surface area contributed by atoms with Gasteiger partial charge in [-0.3, -0.25) is 0 Å². The third kappa shape index (κ3) is 3.58. The molecule has 0 aliphatic heterocycles. The average molecular weight is 286 g/mol. The van der Waals surface area contributed by atoms with Gasteiger partial charge in [-0.05, 0) is 31.0 Å². The van der Waals surface area contributed by atoms with Crippen LogP contribution in [-0.4, -0.2) is 20.8 Å². The molecule has 16 heavy (non-hydrogen) atoms. The summed E-state index contributed by atoms with van der Waals surface area (Å²) in [7, 11) is 3.76. The lowest BCUT2D eigenvalue weighted by atomic mass is 9.92. The van der Waals surface area contributed by atoms with E-state index in [0.29, 0.717) is 12.0 Å². The molecule has 0 aliphatic carbocycles. The maximum absolute atomic E-state index is 5.13. The Morgan fingerprint density at radius 1 is 1.38 bits per heavy atom. The lowest BCUT2D eigenvalue weighted by Gasteiger charge is -2.24. The summed E-state index contributed by atoms with van der Waals surface area (Å²) in [6.07, 6.45) is 1.06. The van der Waals surface area contributed by atoms with Gasteiger partial charge >= 0.3 is 0 Å². The smallest absolute Gasteiger partial charge is 0.0465 e. The third-order valence-corrected chi connectivity index (χ3v) is 3.62. The molecule has 1 N–H and O–H groups in total. The van der Waals surface area contributed by atoms with Crippen molar-refractivity contribution < 1.29 is 4.74 Å². The van der Waals surface area contributed by atoms with Crippen LogP contribution >= 0.6 is 15.9 Å². The Bertz CT molecular complexity index is 317. The SMILES string of the molecule is CNC(c1ccccc1Br)C(C)CCOC. The van der Waals surface area contributed by atoms with Crippen LogP contribution < -0.4 is 5.32 Å². The van der Waals surface area contributed by atoms with Crippen LogP contribution in [0.3, 0.4) is 0 Å². The monoisotopic (exact) mass is 285 g/mol. The number of ether oxygens (including phenoxy) is 1. The van der Waals surface area contributed by atoms with Crippen LogP contribution in [0.5, 0.6) is 0 Å². The predicted octanol–water partition coefficient (Wildman–Crippen LogP) is 3.38. The molecule has 2 nitrogen and oxygen atoms in total. The average Bonchev–Trinajstić information content (AvgIpc) is 2.30. The highest BCUT2D eigenvalue weighted by atomic mass is 79.9. The fraction of sp³-hybridized carbons (Fsp3) is 0.538. The van der Waals surface area contributed by atoms with Crippen molar-refractivity contribution in [1.29, 1.82) is 0 Å². The molecule has 0 amide bonds. The number of hydrogen-bond acceptors (Lipinski definition) is 2. The van der Waals surface area contributed by atoms with Crippen LogP contribution in [0.25, 0.3) is 0 Å². The first-order valence-electron chi connectivity index (χ1n) is 5.61. The van der Waals surface area contributed by atoms with E-state index in [0.717, 1.165) is 13.0 Å². The van der Waals surface area contributed by atoms with Crippen LogP contribution in [0.4, 0.5) is 0 Å². The molecular formula is C13H20BrNO. The summed E-state index contributed by atoms with van der Waals surface area (Å²) >= 11 is 3.60. The van der Waals surface area contributed by atoms with Crippen LogP contribution in [0.2, 0.25) is 0 Å². The largest absolute Gasteiger partial charge is 0.385 e. The quantitative estimate of drug-likeness (QED) is 0.865. The van der Waals surface area contributed by atoms with Gasteiger partial charge in [0.1, 0.15) is 0 Å². The molecule has 3 heteroatoms. The fourth-order valence-electron chi connectivity index (χ4n) is 1.94. The third-order valence-electron chi connectivity index (χ3n) is 2.90. The summed E-state index contributed by atoms with van der Waals surface area (Å²) in [5, 5.41) is 3.38. The predicted molar refractivity (Wildman–Crippen MR) is 71.6 cm³/mol. The standard InChI is InChI=1S/C13H20BrNO/c1-10(8-9-16-3)13(15-2)11-6-4-5-7-12(11)14/h4-7,10,13,15H,8-9H2,1-3H3. The Kier molecular flexibility index (Phi) is 6.03. The van der Waals surface area contributed by atoms with Crippen molar-refractivity contribution in [3.63, 3.8) is 0 Å². The molecule has 0 bridgehead atoms. The highest BCUT2D eigenvalue weighted by molar-refractivity contribution is 9.10. The molecule has 1 aromatic rings. The van der Waals surface area contributed by atoms with E-state index >= 15 is 0 Å². The van der Waals surface area contributed by atoms with Crippen molar-refractivity contribution in [2.75, 3.05) is 20.8 Å². The van der Waals surface area contributed by atoms with E-state index in [4.69, 9.17) is 4.74 Å². The number of hydrogen-bond donors (Lipinski definition) is 1. The summed E-state index contributed by atoms with van der Waals surface area (Å²) in [5.41, 5.74) is 1.31. The van der Waals surface area contributed by atoms with Gasteiger partial charge in [0.25, 0.3) is 0 Å². The second-order valence-corrected chi connectivity index (χ2v) is 4.90. The Hall–Kier alpha value is -0.380. The van der Waals surface area contributed by atoms with Crippen molar-refractivity contribution in [3.05, 3.63) is 34.3 Å². The zero-order valence-corrected chi connectivity index (χ0v) is 11.8. The number of rotatable bonds is 6. The molecule has 0 saturated heterocycles. The van der Waals surface area contributed by atoms with Gasteiger partial charge in [0.2, 0.25) is 0 Å². The first kappa shape index (κ1) is 13.7. The molecule has 0 spiro atoms. The first-order chi connectivity index (χ1) is 7.70. The molecule has 2 unspecified atom stereocenters. The molecular weight excluding hydrogens is 266 g/mol. The summed E-state index contributed by atoms with van der Waals surface area (Å²) in [4.78, 5) is 0. The van der Waals surface area contributed by atoms with Crippen LogP contribution in [0.1, 0.15) is 24.9 Å². The maximum atomic E-state index is 5.13. The van der Waals surface area contributed by atoms with Gasteiger partial charge < -0.3 is 10.1 Å². The van der Waals surface area contributed by atoms with Gasteiger partial charge in [-0.25, -0.2) is 0 Å². The zero-order chi connectivity index (χ0) is 12.0.